The lowest BCUT2D eigenvalue weighted by Gasteiger charge is -2.38. The van der Waals surface area contributed by atoms with Crippen LogP contribution in [0.2, 0.25) is 0 Å². The summed E-state index contributed by atoms with van der Waals surface area (Å²) in [6, 6.07) is 16.6. The van der Waals surface area contributed by atoms with E-state index in [0.29, 0.717) is 12.3 Å². The van der Waals surface area contributed by atoms with Gasteiger partial charge in [-0.1, -0.05) is 75.4 Å². The van der Waals surface area contributed by atoms with Crippen LogP contribution in [0.1, 0.15) is 57.6 Å². The highest BCUT2D eigenvalue weighted by Crippen LogP contribution is 2.44. The van der Waals surface area contributed by atoms with Crippen LogP contribution in [-0.4, -0.2) is 19.3 Å². The molecule has 4 heteroatoms. The van der Waals surface area contributed by atoms with E-state index in [9.17, 15) is 13.2 Å². The van der Waals surface area contributed by atoms with Crippen LogP contribution in [0.4, 0.5) is 13.2 Å². The van der Waals surface area contributed by atoms with Gasteiger partial charge >= 0.3 is 6.18 Å². The Morgan fingerprint density at radius 2 is 1.64 bits per heavy atom. The van der Waals surface area contributed by atoms with Crippen LogP contribution in [0, 0.1) is 16.7 Å². The van der Waals surface area contributed by atoms with E-state index < -0.39 is 11.6 Å². The van der Waals surface area contributed by atoms with Crippen molar-refractivity contribution in [3.05, 3.63) is 72.3 Å². The monoisotopic (exact) mass is 457 g/mol. The molecule has 2 aromatic carbocycles. The van der Waals surface area contributed by atoms with Crippen LogP contribution in [0.15, 0.2) is 61.2 Å². The third-order valence-electron chi connectivity index (χ3n) is 7.97. The molecular weight excluding hydrogens is 419 g/mol. The van der Waals surface area contributed by atoms with Crippen LogP contribution in [0.3, 0.4) is 0 Å². The number of piperidine rings is 1. The molecule has 0 aliphatic carbocycles. The zero-order chi connectivity index (χ0) is 24.1. The molecular formula is C29H38F3N. The van der Waals surface area contributed by atoms with Crippen LogP contribution in [-0.2, 0) is 12.8 Å². The smallest absolute Gasteiger partial charge is 0.317 e. The second-order valence-electron chi connectivity index (χ2n) is 10.2. The molecule has 1 fully saturated rings. The minimum Gasteiger partial charge on any atom is -0.317 e. The molecule has 1 aliphatic rings. The number of nitrogens with one attached hydrogen (secondary N) is 1. The van der Waals surface area contributed by atoms with E-state index in [2.05, 4.69) is 49.2 Å². The summed E-state index contributed by atoms with van der Waals surface area (Å²) in [5.74, 6) is 0.629. The summed E-state index contributed by atoms with van der Waals surface area (Å²) < 4.78 is 40.1. The quantitative estimate of drug-likeness (QED) is 0.376. The zero-order valence-electron chi connectivity index (χ0n) is 20.3. The Labute approximate surface area is 197 Å². The van der Waals surface area contributed by atoms with E-state index in [1.807, 2.05) is 24.3 Å². The number of hydrogen-bond donors (Lipinski definition) is 1. The Hall–Kier alpha value is -2.07. The van der Waals surface area contributed by atoms with Crippen molar-refractivity contribution in [2.45, 2.75) is 65.5 Å². The molecule has 1 nitrogen and oxygen atoms in total. The molecule has 2 atom stereocenters. The van der Waals surface area contributed by atoms with Gasteiger partial charge in [-0.05, 0) is 85.2 Å². The largest absolute Gasteiger partial charge is 0.394 e. The number of alkyl halides is 3. The number of benzene rings is 2. The van der Waals surface area contributed by atoms with Crippen molar-refractivity contribution in [3.8, 4) is 11.1 Å². The van der Waals surface area contributed by atoms with Gasteiger partial charge in [0.2, 0.25) is 0 Å². The first kappa shape index (κ1) is 25.6. The summed E-state index contributed by atoms with van der Waals surface area (Å²) in [6.45, 7) is 11.6. The summed E-state index contributed by atoms with van der Waals surface area (Å²) in [5.41, 5.74) is 2.91. The van der Waals surface area contributed by atoms with Gasteiger partial charge in [-0.15, -0.1) is 6.58 Å². The number of halogens is 3. The van der Waals surface area contributed by atoms with Gasteiger partial charge in [0.15, 0.2) is 0 Å². The topological polar surface area (TPSA) is 12.0 Å². The maximum atomic E-state index is 13.4. The third-order valence-corrected chi connectivity index (χ3v) is 7.97. The number of rotatable bonds is 9. The normalized spacial score (nSPS) is 19.0. The molecule has 1 N–H and O–H groups in total. The Kier molecular flexibility index (Phi) is 8.10. The average molecular weight is 458 g/mol. The van der Waals surface area contributed by atoms with Crippen LogP contribution < -0.4 is 5.32 Å². The molecule has 180 valence electrons. The highest BCUT2D eigenvalue weighted by molar-refractivity contribution is 5.64. The number of allylic oxidation sites excluding steroid dienone is 1. The molecule has 0 aromatic heterocycles. The van der Waals surface area contributed by atoms with Gasteiger partial charge in [0, 0.05) is 0 Å². The van der Waals surface area contributed by atoms with Gasteiger partial charge in [0.1, 0.15) is 0 Å². The Bertz CT molecular complexity index is 911. The van der Waals surface area contributed by atoms with Gasteiger partial charge in [-0.25, -0.2) is 0 Å². The predicted molar refractivity (Wildman–Crippen MR) is 132 cm³/mol. The highest BCUT2D eigenvalue weighted by Gasteiger charge is 2.48. The van der Waals surface area contributed by atoms with Crippen molar-refractivity contribution in [2.24, 2.45) is 16.7 Å². The molecule has 0 saturated carbocycles. The van der Waals surface area contributed by atoms with Gasteiger partial charge in [-0.2, -0.15) is 13.2 Å². The van der Waals surface area contributed by atoms with Crippen LogP contribution >= 0.6 is 0 Å². The molecule has 3 rings (SSSR count). The summed E-state index contributed by atoms with van der Waals surface area (Å²) in [4.78, 5) is 0. The molecule has 0 spiro atoms. The van der Waals surface area contributed by atoms with Gasteiger partial charge in [0.25, 0.3) is 0 Å². The molecule has 1 saturated heterocycles. The summed E-state index contributed by atoms with van der Waals surface area (Å²) in [6.07, 6.45) is 1.91. The lowest BCUT2D eigenvalue weighted by Crippen LogP contribution is -2.37. The number of aryl methyl sites for hydroxylation is 1. The lowest BCUT2D eigenvalue weighted by molar-refractivity contribution is -0.221. The van der Waals surface area contributed by atoms with E-state index in [-0.39, 0.29) is 18.3 Å². The maximum absolute atomic E-state index is 13.4. The molecule has 2 unspecified atom stereocenters. The SMILES string of the molecule is C=CC(C)(Cc1cccc(-c2ccc(CCC(C)(CC)C(F)(F)F)cc2)c1)C1CCNCC1. The van der Waals surface area contributed by atoms with E-state index in [0.717, 1.165) is 36.2 Å². The second-order valence-corrected chi connectivity index (χ2v) is 10.2. The van der Waals surface area contributed by atoms with Gasteiger partial charge in [0.05, 0.1) is 5.41 Å². The molecule has 2 aromatic rings. The van der Waals surface area contributed by atoms with Crippen molar-refractivity contribution in [1.29, 1.82) is 0 Å². The van der Waals surface area contributed by atoms with Crippen molar-refractivity contribution in [3.63, 3.8) is 0 Å². The zero-order valence-corrected chi connectivity index (χ0v) is 20.3. The van der Waals surface area contributed by atoms with E-state index in [1.165, 1.54) is 25.3 Å². The molecule has 1 heterocycles. The van der Waals surface area contributed by atoms with Crippen molar-refractivity contribution < 1.29 is 13.2 Å². The molecule has 1 aliphatic heterocycles. The van der Waals surface area contributed by atoms with Crippen molar-refractivity contribution in [1.82, 2.24) is 5.32 Å². The van der Waals surface area contributed by atoms with Gasteiger partial charge in [-0.3, -0.25) is 0 Å². The molecule has 0 radical (unpaired) electrons. The Morgan fingerprint density at radius 1 is 0.970 bits per heavy atom. The average Bonchev–Trinajstić information content (AvgIpc) is 2.82. The fourth-order valence-electron chi connectivity index (χ4n) is 4.97. The van der Waals surface area contributed by atoms with Crippen molar-refractivity contribution in [2.75, 3.05) is 13.1 Å². The van der Waals surface area contributed by atoms with E-state index in [1.54, 1.807) is 6.92 Å². The van der Waals surface area contributed by atoms with E-state index in [4.69, 9.17) is 0 Å². The molecule has 0 bridgehead atoms. The minimum atomic E-state index is -4.17. The Morgan fingerprint density at radius 3 is 2.21 bits per heavy atom. The first-order valence-electron chi connectivity index (χ1n) is 12.2. The summed E-state index contributed by atoms with van der Waals surface area (Å²) >= 11 is 0. The van der Waals surface area contributed by atoms with Gasteiger partial charge < -0.3 is 5.32 Å². The maximum Gasteiger partial charge on any atom is 0.394 e. The minimum absolute atomic E-state index is 0.0645. The fraction of sp³-hybridized carbons (Fsp3) is 0.517. The fourth-order valence-corrected chi connectivity index (χ4v) is 4.97. The second kappa shape index (κ2) is 10.5. The molecule has 33 heavy (non-hydrogen) atoms. The predicted octanol–water partition coefficient (Wildman–Crippen LogP) is 8.00. The van der Waals surface area contributed by atoms with E-state index >= 15 is 0 Å². The van der Waals surface area contributed by atoms with Crippen LogP contribution in [0.5, 0.6) is 0 Å². The summed E-state index contributed by atoms with van der Waals surface area (Å²) in [7, 11) is 0. The standard InChI is InChI=1S/C29H38F3N/c1-5-27(3,26-15-18-33-19-16-26)21-23-8-7-9-25(20-23)24-12-10-22(11-13-24)14-17-28(4,6-2)29(30,31)32/h5,7-13,20,26,33H,1,6,14-19,21H2,2-4H3. The first-order valence-corrected chi connectivity index (χ1v) is 12.2. The first-order chi connectivity index (χ1) is 15.6. The highest BCUT2D eigenvalue weighted by atomic mass is 19.4. The Balaban J connectivity index is 1.70. The lowest BCUT2D eigenvalue weighted by atomic mass is 9.69. The van der Waals surface area contributed by atoms with Crippen molar-refractivity contribution >= 4 is 0 Å². The van der Waals surface area contributed by atoms with Crippen LogP contribution in [0.25, 0.3) is 11.1 Å². The summed E-state index contributed by atoms with van der Waals surface area (Å²) in [5, 5.41) is 3.45. The number of hydrogen-bond acceptors (Lipinski definition) is 1. The molecule has 0 amide bonds. The third kappa shape index (κ3) is 6.09.